The maximum atomic E-state index is 12.5. The Morgan fingerprint density at radius 3 is 2.48 bits per heavy atom. The second-order valence-electron chi connectivity index (χ2n) is 5.86. The summed E-state index contributed by atoms with van der Waals surface area (Å²) in [5, 5.41) is 9.52. The average molecular weight is 311 g/mol. The maximum absolute atomic E-state index is 12.5. The van der Waals surface area contributed by atoms with Crippen molar-refractivity contribution in [2.24, 2.45) is 0 Å². The number of carbonyl (C=O) groups excluding carboxylic acids is 1. The van der Waals surface area contributed by atoms with E-state index in [-0.39, 0.29) is 11.7 Å². The van der Waals surface area contributed by atoms with Gasteiger partial charge in [-0.1, -0.05) is 18.2 Å². The van der Waals surface area contributed by atoms with Crippen molar-refractivity contribution in [3.8, 4) is 5.75 Å². The van der Waals surface area contributed by atoms with Crippen LogP contribution in [-0.2, 0) is 6.54 Å². The third-order valence-corrected chi connectivity index (χ3v) is 4.11. The summed E-state index contributed by atoms with van der Waals surface area (Å²) in [6, 6.07) is 14.4. The predicted octanol–water partition coefficient (Wildman–Crippen LogP) is 1.93. The zero-order valence-electron chi connectivity index (χ0n) is 13.0. The molecule has 1 amide bonds. The van der Waals surface area contributed by atoms with E-state index >= 15 is 0 Å². The van der Waals surface area contributed by atoms with Gasteiger partial charge in [-0.3, -0.25) is 9.69 Å². The molecule has 1 aliphatic heterocycles. The number of carbonyl (C=O) groups is 1. The molecule has 0 aromatic heterocycles. The minimum atomic E-state index is 0.0364. The van der Waals surface area contributed by atoms with Gasteiger partial charge < -0.3 is 15.7 Å². The number of hydrogen-bond donors (Lipinski definition) is 2. The first-order valence-corrected chi connectivity index (χ1v) is 7.77. The van der Waals surface area contributed by atoms with Crippen LogP contribution in [0.15, 0.2) is 48.5 Å². The Morgan fingerprint density at radius 2 is 1.78 bits per heavy atom. The van der Waals surface area contributed by atoms with Crippen molar-refractivity contribution in [3.63, 3.8) is 0 Å². The molecule has 3 rings (SSSR count). The summed E-state index contributed by atoms with van der Waals surface area (Å²) < 4.78 is 0. The molecule has 1 saturated heterocycles. The number of rotatable bonds is 3. The van der Waals surface area contributed by atoms with Crippen molar-refractivity contribution < 1.29 is 9.90 Å². The molecule has 1 aliphatic rings. The number of nitrogen functional groups attached to an aromatic ring is 1. The number of benzene rings is 2. The first-order chi connectivity index (χ1) is 11.1. The molecule has 5 heteroatoms. The number of amides is 1. The summed E-state index contributed by atoms with van der Waals surface area (Å²) in [7, 11) is 0. The summed E-state index contributed by atoms with van der Waals surface area (Å²) in [5.41, 5.74) is 8.09. The van der Waals surface area contributed by atoms with Crippen molar-refractivity contribution in [3.05, 3.63) is 59.7 Å². The van der Waals surface area contributed by atoms with Gasteiger partial charge in [-0.05, 0) is 35.9 Å². The highest BCUT2D eigenvalue weighted by atomic mass is 16.3. The quantitative estimate of drug-likeness (QED) is 0.850. The molecule has 1 fully saturated rings. The van der Waals surface area contributed by atoms with E-state index in [9.17, 15) is 9.90 Å². The van der Waals surface area contributed by atoms with Crippen LogP contribution in [0, 0.1) is 0 Å². The molecule has 23 heavy (non-hydrogen) atoms. The predicted molar refractivity (Wildman–Crippen MR) is 90.1 cm³/mol. The Balaban J connectivity index is 1.57. The van der Waals surface area contributed by atoms with Crippen LogP contribution in [0.5, 0.6) is 5.75 Å². The number of piperazine rings is 1. The van der Waals surface area contributed by atoms with Gasteiger partial charge in [0, 0.05) is 44.0 Å². The number of nitrogens with zero attached hydrogens (tertiary/aromatic N) is 2. The van der Waals surface area contributed by atoms with E-state index in [2.05, 4.69) is 4.90 Å². The van der Waals surface area contributed by atoms with Crippen molar-refractivity contribution in [2.75, 3.05) is 31.9 Å². The van der Waals surface area contributed by atoms with E-state index in [1.165, 1.54) is 0 Å². The number of nitrogens with two attached hydrogens (primary N) is 1. The second-order valence-corrected chi connectivity index (χ2v) is 5.86. The van der Waals surface area contributed by atoms with E-state index in [0.29, 0.717) is 24.3 Å². The van der Waals surface area contributed by atoms with Gasteiger partial charge in [-0.2, -0.15) is 0 Å². The number of aromatic hydroxyl groups is 1. The van der Waals surface area contributed by atoms with Gasteiger partial charge in [0.1, 0.15) is 5.75 Å². The molecule has 3 N–H and O–H groups in total. The molecule has 0 radical (unpaired) electrons. The van der Waals surface area contributed by atoms with Crippen molar-refractivity contribution in [2.45, 2.75) is 6.54 Å². The number of phenolic OH excluding ortho intramolecular Hbond substituents is 1. The smallest absolute Gasteiger partial charge is 0.254 e. The molecule has 0 unspecified atom stereocenters. The maximum Gasteiger partial charge on any atom is 0.254 e. The molecule has 2 aromatic carbocycles. The SMILES string of the molecule is Nc1cccc(C(=O)N2CCN(Cc3cccc(O)c3)CC2)c1. The van der Waals surface area contributed by atoms with Gasteiger partial charge in [-0.25, -0.2) is 0 Å². The zero-order chi connectivity index (χ0) is 16.2. The third kappa shape index (κ3) is 3.81. The molecule has 1 heterocycles. The van der Waals surface area contributed by atoms with Crippen LogP contribution >= 0.6 is 0 Å². The van der Waals surface area contributed by atoms with Crippen LogP contribution in [0.4, 0.5) is 5.69 Å². The van der Waals surface area contributed by atoms with Gasteiger partial charge in [0.25, 0.3) is 5.91 Å². The number of anilines is 1. The van der Waals surface area contributed by atoms with Crippen molar-refractivity contribution in [1.82, 2.24) is 9.80 Å². The monoisotopic (exact) mass is 311 g/mol. The Hall–Kier alpha value is -2.53. The zero-order valence-corrected chi connectivity index (χ0v) is 13.0. The van der Waals surface area contributed by atoms with Gasteiger partial charge in [0.05, 0.1) is 0 Å². The van der Waals surface area contributed by atoms with Crippen molar-refractivity contribution in [1.29, 1.82) is 0 Å². The molecule has 0 saturated carbocycles. The molecule has 0 atom stereocenters. The van der Waals surface area contributed by atoms with Crippen LogP contribution in [0.3, 0.4) is 0 Å². The lowest BCUT2D eigenvalue weighted by atomic mass is 10.1. The molecule has 120 valence electrons. The Labute approximate surface area is 135 Å². The summed E-state index contributed by atoms with van der Waals surface area (Å²) in [6.07, 6.45) is 0. The Bertz CT molecular complexity index is 694. The molecular formula is C18H21N3O2. The average Bonchev–Trinajstić information content (AvgIpc) is 2.55. The molecule has 0 bridgehead atoms. The fraction of sp³-hybridized carbons (Fsp3) is 0.278. The van der Waals surface area contributed by atoms with Crippen molar-refractivity contribution >= 4 is 11.6 Å². The van der Waals surface area contributed by atoms with E-state index in [1.54, 1.807) is 36.4 Å². The van der Waals surface area contributed by atoms with Crippen LogP contribution in [0.25, 0.3) is 0 Å². The van der Waals surface area contributed by atoms with E-state index in [1.807, 2.05) is 17.0 Å². The highest BCUT2D eigenvalue weighted by molar-refractivity contribution is 5.95. The molecule has 0 spiro atoms. The number of hydrogen-bond acceptors (Lipinski definition) is 4. The Kier molecular flexibility index (Phi) is 4.48. The first kappa shape index (κ1) is 15.4. The topological polar surface area (TPSA) is 69.8 Å². The van der Waals surface area contributed by atoms with Gasteiger partial charge in [0.15, 0.2) is 0 Å². The van der Waals surface area contributed by atoms with Crippen LogP contribution in [0.1, 0.15) is 15.9 Å². The normalized spacial score (nSPS) is 15.6. The summed E-state index contributed by atoms with van der Waals surface area (Å²) in [5.74, 6) is 0.326. The lowest BCUT2D eigenvalue weighted by Gasteiger charge is -2.34. The molecule has 0 aliphatic carbocycles. The fourth-order valence-electron chi connectivity index (χ4n) is 2.88. The lowest BCUT2D eigenvalue weighted by Crippen LogP contribution is -2.48. The van der Waals surface area contributed by atoms with E-state index < -0.39 is 0 Å². The van der Waals surface area contributed by atoms with Gasteiger partial charge in [-0.15, -0.1) is 0 Å². The van der Waals surface area contributed by atoms with Gasteiger partial charge in [0.2, 0.25) is 0 Å². The highest BCUT2D eigenvalue weighted by Gasteiger charge is 2.22. The van der Waals surface area contributed by atoms with Crippen LogP contribution in [-0.4, -0.2) is 47.0 Å². The Morgan fingerprint density at radius 1 is 1.04 bits per heavy atom. The standard InChI is InChI=1S/C18H21N3O2/c19-16-5-2-4-15(12-16)18(23)21-9-7-20(8-10-21)13-14-3-1-6-17(22)11-14/h1-6,11-12,22H,7-10,13,19H2. The minimum absolute atomic E-state index is 0.0364. The largest absolute Gasteiger partial charge is 0.508 e. The molecular weight excluding hydrogens is 290 g/mol. The third-order valence-electron chi connectivity index (χ3n) is 4.11. The minimum Gasteiger partial charge on any atom is -0.508 e. The first-order valence-electron chi connectivity index (χ1n) is 7.77. The molecule has 2 aromatic rings. The molecule has 5 nitrogen and oxygen atoms in total. The van der Waals surface area contributed by atoms with Gasteiger partial charge >= 0.3 is 0 Å². The summed E-state index contributed by atoms with van der Waals surface area (Å²) >= 11 is 0. The lowest BCUT2D eigenvalue weighted by molar-refractivity contribution is 0.0628. The van der Waals surface area contributed by atoms with E-state index in [0.717, 1.165) is 25.2 Å². The fourth-order valence-corrected chi connectivity index (χ4v) is 2.88. The van der Waals surface area contributed by atoms with Crippen LogP contribution in [0.2, 0.25) is 0 Å². The second kappa shape index (κ2) is 6.71. The van der Waals surface area contributed by atoms with E-state index in [4.69, 9.17) is 5.73 Å². The highest BCUT2D eigenvalue weighted by Crippen LogP contribution is 2.16. The summed E-state index contributed by atoms with van der Waals surface area (Å²) in [4.78, 5) is 16.6. The van der Waals surface area contributed by atoms with Crippen LogP contribution < -0.4 is 5.73 Å². The summed E-state index contributed by atoms with van der Waals surface area (Å²) in [6.45, 7) is 3.83. The number of phenols is 1.